The number of benzene rings is 1. The van der Waals surface area contributed by atoms with Gasteiger partial charge >= 0.3 is 0 Å². The molecule has 0 spiro atoms. The van der Waals surface area contributed by atoms with Crippen molar-refractivity contribution in [3.05, 3.63) is 33.3 Å². The van der Waals surface area contributed by atoms with Crippen LogP contribution in [0.5, 0.6) is 0 Å². The van der Waals surface area contributed by atoms with Crippen LogP contribution in [0.1, 0.15) is 11.6 Å². The van der Waals surface area contributed by atoms with Crippen LogP contribution in [0, 0.1) is 0 Å². The summed E-state index contributed by atoms with van der Waals surface area (Å²) in [5, 5.41) is 0.680. The summed E-state index contributed by atoms with van der Waals surface area (Å²) in [6.45, 7) is 2.71. The first-order valence-corrected chi connectivity index (χ1v) is 9.69. The highest BCUT2D eigenvalue weighted by atomic mass is 79.9. The quantitative estimate of drug-likeness (QED) is 0.841. The maximum absolute atomic E-state index is 11.6. The van der Waals surface area contributed by atoms with Gasteiger partial charge in [0, 0.05) is 48.3 Å². The molecule has 0 bridgehead atoms. The largest absolute Gasteiger partial charge is 0.329 e. The third kappa shape index (κ3) is 4.18. The Hall–Kier alpha value is -0.180. The van der Waals surface area contributed by atoms with E-state index in [-0.39, 0.29) is 6.04 Å². The SMILES string of the molecule is CS(=O)(=O)N1CCN(C(CN)c2cc(Br)ccc2Cl)CC1. The van der Waals surface area contributed by atoms with Crippen molar-refractivity contribution in [3.63, 3.8) is 0 Å². The fraction of sp³-hybridized carbons (Fsp3) is 0.538. The second-order valence-electron chi connectivity index (χ2n) is 5.12. The van der Waals surface area contributed by atoms with Gasteiger partial charge in [-0.25, -0.2) is 8.42 Å². The highest BCUT2D eigenvalue weighted by molar-refractivity contribution is 9.10. The van der Waals surface area contributed by atoms with Gasteiger partial charge in [-0.3, -0.25) is 4.90 Å². The Morgan fingerprint density at radius 2 is 1.95 bits per heavy atom. The van der Waals surface area contributed by atoms with Gasteiger partial charge in [0.05, 0.1) is 6.26 Å². The van der Waals surface area contributed by atoms with Crippen molar-refractivity contribution in [1.29, 1.82) is 0 Å². The number of hydrogen-bond donors (Lipinski definition) is 1. The van der Waals surface area contributed by atoms with Crippen molar-refractivity contribution >= 4 is 37.6 Å². The average molecular weight is 397 g/mol. The van der Waals surface area contributed by atoms with E-state index in [1.54, 1.807) is 0 Å². The molecule has 1 aromatic rings. The summed E-state index contributed by atoms with van der Waals surface area (Å²) in [5.41, 5.74) is 6.90. The van der Waals surface area contributed by atoms with Gasteiger partial charge in [0.25, 0.3) is 0 Å². The van der Waals surface area contributed by atoms with Gasteiger partial charge < -0.3 is 5.73 Å². The molecule has 8 heteroatoms. The van der Waals surface area contributed by atoms with Crippen molar-refractivity contribution in [2.24, 2.45) is 5.73 Å². The van der Waals surface area contributed by atoms with E-state index in [4.69, 9.17) is 17.3 Å². The molecule has 1 atom stereocenters. The molecule has 0 aliphatic carbocycles. The molecule has 2 rings (SSSR count). The van der Waals surface area contributed by atoms with Crippen molar-refractivity contribution in [3.8, 4) is 0 Å². The minimum atomic E-state index is -3.12. The minimum Gasteiger partial charge on any atom is -0.329 e. The topological polar surface area (TPSA) is 66.6 Å². The molecule has 1 aliphatic heterocycles. The number of nitrogens with zero attached hydrogens (tertiary/aromatic N) is 2. The van der Waals surface area contributed by atoms with E-state index >= 15 is 0 Å². The average Bonchev–Trinajstić information content (AvgIpc) is 2.43. The number of rotatable bonds is 4. The van der Waals surface area contributed by atoms with Gasteiger partial charge in [-0.2, -0.15) is 4.31 Å². The van der Waals surface area contributed by atoms with E-state index in [9.17, 15) is 8.42 Å². The molecular formula is C13H19BrClN3O2S. The summed E-state index contributed by atoms with van der Waals surface area (Å²) in [5.74, 6) is 0. The molecule has 0 aromatic heterocycles. The molecule has 1 heterocycles. The fourth-order valence-corrected chi connectivity index (χ4v) is 4.04. The summed E-state index contributed by atoms with van der Waals surface area (Å²) < 4.78 is 25.6. The summed E-state index contributed by atoms with van der Waals surface area (Å²) in [4.78, 5) is 2.19. The van der Waals surface area contributed by atoms with Crippen LogP contribution in [0.15, 0.2) is 22.7 Å². The predicted molar refractivity (Wildman–Crippen MR) is 88.9 cm³/mol. The standard InChI is InChI=1S/C13H19BrClN3O2S/c1-21(19,20)18-6-4-17(5-7-18)13(9-16)11-8-10(14)2-3-12(11)15/h2-3,8,13H,4-7,9,16H2,1H3. The lowest BCUT2D eigenvalue weighted by Crippen LogP contribution is -2.50. The molecule has 0 radical (unpaired) electrons. The highest BCUT2D eigenvalue weighted by Gasteiger charge is 2.28. The van der Waals surface area contributed by atoms with Crippen molar-refractivity contribution in [2.45, 2.75) is 6.04 Å². The summed E-state index contributed by atoms with van der Waals surface area (Å²) in [6.07, 6.45) is 1.24. The van der Waals surface area contributed by atoms with Crippen LogP contribution in [0.4, 0.5) is 0 Å². The predicted octanol–water partition coefficient (Wildman–Crippen LogP) is 1.68. The van der Waals surface area contributed by atoms with Crippen LogP contribution in [-0.4, -0.2) is 56.6 Å². The zero-order valence-corrected chi connectivity index (χ0v) is 15.0. The Kier molecular flexibility index (Phi) is 5.67. The molecule has 1 saturated heterocycles. The van der Waals surface area contributed by atoms with E-state index in [2.05, 4.69) is 20.8 Å². The van der Waals surface area contributed by atoms with E-state index < -0.39 is 10.0 Å². The monoisotopic (exact) mass is 395 g/mol. The lowest BCUT2D eigenvalue weighted by Gasteiger charge is -2.38. The maximum atomic E-state index is 11.6. The highest BCUT2D eigenvalue weighted by Crippen LogP contribution is 2.30. The molecule has 1 aromatic carbocycles. The maximum Gasteiger partial charge on any atom is 0.211 e. The molecule has 1 unspecified atom stereocenters. The van der Waals surface area contributed by atoms with E-state index in [0.29, 0.717) is 37.7 Å². The van der Waals surface area contributed by atoms with Gasteiger partial charge in [0.2, 0.25) is 10.0 Å². The Labute approximate surface area is 139 Å². The van der Waals surface area contributed by atoms with Crippen LogP contribution in [0.25, 0.3) is 0 Å². The second-order valence-corrected chi connectivity index (χ2v) is 8.42. The molecular weight excluding hydrogens is 378 g/mol. The van der Waals surface area contributed by atoms with Crippen LogP contribution in [0.3, 0.4) is 0 Å². The van der Waals surface area contributed by atoms with Gasteiger partial charge in [0.1, 0.15) is 0 Å². The normalized spacial score (nSPS) is 19.6. The number of hydrogen-bond acceptors (Lipinski definition) is 4. The molecule has 0 saturated carbocycles. The minimum absolute atomic E-state index is 0.00305. The first-order chi connectivity index (χ1) is 9.82. The van der Waals surface area contributed by atoms with Crippen molar-refractivity contribution in [2.75, 3.05) is 39.0 Å². The lowest BCUT2D eigenvalue weighted by atomic mass is 10.0. The van der Waals surface area contributed by atoms with E-state index in [0.717, 1.165) is 10.0 Å². The molecule has 0 amide bonds. The third-order valence-corrected chi connectivity index (χ3v) is 5.86. The summed E-state index contributed by atoms with van der Waals surface area (Å²) in [7, 11) is -3.12. The fourth-order valence-electron chi connectivity index (χ4n) is 2.59. The van der Waals surface area contributed by atoms with E-state index in [1.807, 2.05) is 18.2 Å². The molecule has 118 valence electrons. The van der Waals surface area contributed by atoms with Crippen LogP contribution in [0.2, 0.25) is 5.02 Å². The molecule has 1 fully saturated rings. The van der Waals surface area contributed by atoms with Gasteiger partial charge in [-0.15, -0.1) is 0 Å². The molecule has 5 nitrogen and oxygen atoms in total. The number of nitrogens with two attached hydrogens (primary N) is 1. The van der Waals surface area contributed by atoms with Crippen molar-refractivity contribution in [1.82, 2.24) is 9.21 Å². The molecule has 2 N–H and O–H groups in total. The molecule has 1 aliphatic rings. The van der Waals surface area contributed by atoms with E-state index in [1.165, 1.54) is 10.6 Å². The number of sulfonamides is 1. The second kappa shape index (κ2) is 6.93. The summed E-state index contributed by atoms with van der Waals surface area (Å²) >= 11 is 9.73. The first kappa shape index (κ1) is 17.2. The van der Waals surface area contributed by atoms with Crippen LogP contribution >= 0.6 is 27.5 Å². The van der Waals surface area contributed by atoms with Gasteiger partial charge in [-0.1, -0.05) is 27.5 Å². The zero-order chi connectivity index (χ0) is 15.6. The smallest absolute Gasteiger partial charge is 0.211 e. The Morgan fingerprint density at radius 3 is 2.48 bits per heavy atom. The third-order valence-electron chi connectivity index (χ3n) is 3.72. The Bertz CT molecular complexity index is 603. The zero-order valence-electron chi connectivity index (χ0n) is 11.8. The van der Waals surface area contributed by atoms with Gasteiger partial charge in [-0.05, 0) is 23.8 Å². The van der Waals surface area contributed by atoms with Gasteiger partial charge in [0.15, 0.2) is 0 Å². The number of halogens is 2. The lowest BCUT2D eigenvalue weighted by molar-refractivity contribution is 0.140. The molecule has 21 heavy (non-hydrogen) atoms. The Morgan fingerprint density at radius 1 is 1.33 bits per heavy atom. The van der Waals surface area contributed by atoms with Crippen molar-refractivity contribution < 1.29 is 8.42 Å². The van der Waals surface area contributed by atoms with Crippen LogP contribution in [-0.2, 0) is 10.0 Å². The Balaban J connectivity index is 2.15. The first-order valence-electron chi connectivity index (χ1n) is 6.67. The number of piperazine rings is 1. The summed E-state index contributed by atoms with van der Waals surface area (Å²) in [6, 6.07) is 5.71. The van der Waals surface area contributed by atoms with Crippen LogP contribution < -0.4 is 5.73 Å².